The molecule has 4 aromatic rings. The van der Waals surface area contributed by atoms with E-state index in [1.807, 2.05) is 73.0 Å². The number of hydrogen-bond acceptors (Lipinski definition) is 4. The second-order valence-electron chi connectivity index (χ2n) is 7.61. The first-order chi connectivity index (χ1) is 14.6. The number of aromatic nitrogens is 3. The molecule has 0 bridgehead atoms. The van der Waals surface area contributed by atoms with E-state index in [4.69, 9.17) is 4.84 Å². The Kier molecular flexibility index (Phi) is 4.54. The minimum Gasteiger partial charge on any atom is -0.392 e. The molecule has 0 aliphatic carbocycles. The van der Waals surface area contributed by atoms with Crippen molar-refractivity contribution in [2.45, 2.75) is 31.9 Å². The van der Waals surface area contributed by atoms with Gasteiger partial charge in [-0.1, -0.05) is 41.6 Å². The lowest BCUT2D eigenvalue weighted by molar-refractivity contribution is 0.0904. The monoisotopic (exact) mass is 400 g/mol. The number of rotatable bonds is 4. The van der Waals surface area contributed by atoms with E-state index in [0.29, 0.717) is 5.52 Å². The van der Waals surface area contributed by atoms with Crippen LogP contribution in [0.4, 0.5) is 4.39 Å². The molecule has 0 fully saturated rings. The van der Waals surface area contributed by atoms with E-state index >= 15 is 0 Å². The lowest BCUT2D eigenvalue weighted by Crippen LogP contribution is -2.17. The van der Waals surface area contributed by atoms with Crippen LogP contribution in [0.25, 0.3) is 11.0 Å². The molecule has 0 N–H and O–H groups in total. The molecule has 2 unspecified atom stereocenters. The molecule has 150 valence electrons. The summed E-state index contributed by atoms with van der Waals surface area (Å²) in [7, 11) is 0. The highest BCUT2D eigenvalue weighted by Crippen LogP contribution is 2.34. The molecule has 4 heterocycles. The Bertz CT molecular complexity index is 1180. The summed E-state index contributed by atoms with van der Waals surface area (Å²) in [6.07, 6.45) is 4.92. The summed E-state index contributed by atoms with van der Waals surface area (Å²) in [6, 6.07) is 17.5. The first-order valence-electron chi connectivity index (χ1n) is 9.95. The van der Waals surface area contributed by atoms with Gasteiger partial charge in [-0.2, -0.15) is 0 Å². The third-order valence-corrected chi connectivity index (χ3v) is 5.65. The number of benzene rings is 1. The standard InChI is InChI=1S/C24H21FN4O/c1-15-22(16(2)30-28-15)18-12-21-23(27-13-18)19(25)14-29(21)24(17-8-4-3-5-9-17)20-10-6-7-11-26-20/h3-14,16,22,24H,1-2H3/t16?,22?,24-/m1/s1. The molecule has 6 heteroatoms. The number of halogens is 1. The number of oxime groups is 1. The fourth-order valence-corrected chi connectivity index (χ4v) is 4.27. The quantitative estimate of drug-likeness (QED) is 0.480. The Balaban J connectivity index is 1.72. The summed E-state index contributed by atoms with van der Waals surface area (Å²) < 4.78 is 16.8. The Morgan fingerprint density at radius 1 is 1.07 bits per heavy atom. The Morgan fingerprint density at radius 3 is 2.57 bits per heavy atom. The van der Waals surface area contributed by atoms with Gasteiger partial charge in [0.25, 0.3) is 0 Å². The van der Waals surface area contributed by atoms with Crippen LogP contribution in [0.15, 0.2) is 78.3 Å². The van der Waals surface area contributed by atoms with Gasteiger partial charge in [0.15, 0.2) is 5.82 Å². The zero-order valence-electron chi connectivity index (χ0n) is 16.7. The summed E-state index contributed by atoms with van der Waals surface area (Å²) >= 11 is 0. The van der Waals surface area contributed by atoms with E-state index in [0.717, 1.165) is 28.0 Å². The Labute approximate surface area is 173 Å². The maximum Gasteiger partial charge on any atom is 0.167 e. The predicted octanol–water partition coefficient (Wildman–Crippen LogP) is 5.09. The summed E-state index contributed by atoms with van der Waals surface area (Å²) in [5, 5.41) is 4.11. The molecular weight excluding hydrogens is 379 g/mol. The highest BCUT2D eigenvalue weighted by molar-refractivity contribution is 5.91. The van der Waals surface area contributed by atoms with E-state index < -0.39 is 0 Å². The van der Waals surface area contributed by atoms with Crippen molar-refractivity contribution in [3.63, 3.8) is 0 Å². The average Bonchev–Trinajstić information content (AvgIpc) is 3.28. The highest BCUT2D eigenvalue weighted by Gasteiger charge is 2.31. The molecule has 5 nitrogen and oxygen atoms in total. The third kappa shape index (κ3) is 3.05. The maximum absolute atomic E-state index is 14.9. The van der Waals surface area contributed by atoms with Crippen molar-refractivity contribution < 1.29 is 9.23 Å². The number of nitrogens with zero attached hydrogens (tertiary/aromatic N) is 4. The molecule has 0 radical (unpaired) electrons. The average molecular weight is 400 g/mol. The molecule has 1 aliphatic heterocycles. The van der Waals surface area contributed by atoms with Gasteiger partial charge in [0.2, 0.25) is 0 Å². The topological polar surface area (TPSA) is 52.3 Å². The summed E-state index contributed by atoms with van der Waals surface area (Å²) in [5.41, 5.74) is 4.77. The van der Waals surface area contributed by atoms with Crippen LogP contribution in [0.2, 0.25) is 0 Å². The molecule has 1 aliphatic rings. The van der Waals surface area contributed by atoms with Crippen molar-refractivity contribution in [3.05, 3.63) is 95.8 Å². The van der Waals surface area contributed by atoms with Crippen LogP contribution in [0.5, 0.6) is 0 Å². The first kappa shape index (κ1) is 18.5. The fourth-order valence-electron chi connectivity index (χ4n) is 4.27. The lowest BCUT2D eigenvalue weighted by Gasteiger charge is -2.21. The molecule has 30 heavy (non-hydrogen) atoms. The summed E-state index contributed by atoms with van der Waals surface area (Å²) in [5.74, 6) is -0.354. The zero-order chi connectivity index (χ0) is 20.7. The van der Waals surface area contributed by atoms with Crippen molar-refractivity contribution in [1.82, 2.24) is 14.5 Å². The third-order valence-electron chi connectivity index (χ3n) is 5.65. The number of pyridine rings is 2. The predicted molar refractivity (Wildman–Crippen MR) is 114 cm³/mol. The van der Waals surface area contributed by atoms with Crippen molar-refractivity contribution in [3.8, 4) is 0 Å². The molecule has 0 amide bonds. The van der Waals surface area contributed by atoms with Crippen LogP contribution < -0.4 is 0 Å². The Hall–Kier alpha value is -3.54. The van der Waals surface area contributed by atoms with Crippen molar-refractivity contribution in [2.24, 2.45) is 5.16 Å². The van der Waals surface area contributed by atoms with E-state index in [-0.39, 0.29) is 23.9 Å². The maximum atomic E-state index is 14.9. The van der Waals surface area contributed by atoms with Gasteiger partial charge in [-0.25, -0.2) is 4.39 Å². The molecular formula is C24H21FN4O. The van der Waals surface area contributed by atoms with Crippen LogP contribution in [0.3, 0.4) is 0 Å². The molecule has 0 saturated heterocycles. The summed E-state index contributed by atoms with van der Waals surface area (Å²) in [6.45, 7) is 3.92. The van der Waals surface area contributed by atoms with Gasteiger partial charge < -0.3 is 9.40 Å². The normalized spacial score (nSPS) is 19.5. The number of hydrogen-bond donors (Lipinski definition) is 0. The van der Waals surface area contributed by atoms with E-state index in [1.165, 1.54) is 6.20 Å². The van der Waals surface area contributed by atoms with E-state index in [2.05, 4.69) is 15.1 Å². The zero-order valence-corrected chi connectivity index (χ0v) is 16.7. The van der Waals surface area contributed by atoms with Gasteiger partial charge in [0.1, 0.15) is 17.7 Å². The molecule has 5 rings (SSSR count). The molecule has 1 aromatic carbocycles. The molecule has 3 aromatic heterocycles. The van der Waals surface area contributed by atoms with Crippen molar-refractivity contribution >= 4 is 16.7 Å². The molecule has 0 spiro atoms. The SMILES string of the molecule is CC1=NOC(C)C1c1cnc2c(F)cn([C@H](c3ccccc3)c3ccccn3)c2c1. The second-order valence-corrected chi connectivity index (χ2v) is 7.61. The van der Waals surface area contributed by atoms with Gasteiger partial charge in [0, 0.05) is 18.6 Å². The Morgan fingerprint density at radius 2 is 1.87 bits per heavy atom. The lowest BCUT2D eigenvalue weighted by atomic mass is 9.92. The van der Waals surface area contributed by atoms with Gasteiger partial charge >= 0.3 is 0 Å². The van der Waals surface area contributed by atoms with E-state index in [9.17, 15) is 4.39 Å². The minimum atomic E-state index is -0.352. The van der Waals surface area contributed by atoms with Crippen LogP contribution in [0, 0.1) is 5.82 Å². The second kappa shape index (κ2) is 7.37. The largest absolute Gasteiger partial charge is 0.392 e. The van der Waals surface area contributed by atoms with Gasteiger partial charge in [0.05, 0.1) is 22.8 Å². The van der Waals surface area contributed by atoms with Crippen LogP contribution in [-0.4, -0.2) is 26.4 Å². The van der Waals surface area contributed by atoms with Crippen LogP contribution in [-0.2, 0) is 4.84 Å². The summed E-state index contributed by atoms with van der Waals surface area (Å²) in [4.78, 5) is 14.5. The fraction of sp³-hybridized carbons (Fsp3) is 0.208. The van der Waals surface area contributed by atoms with Crippen molar-refractivity contribution in [2.75, 3.05) is 0 Å². The van der Waals surface area contributed by atoms with Crippen molar-refractivity contribution in [1.29, 1.82) is 0 Å². The molecule has 0 saturated carbocycles. The highest BCUT2D eigenvalue weighted by atomic mass is 19.1. The first-order valence-corrected chi connectivity index (χ1v) is 9.95. The van der Waals surface area contributed by atoms with Crippen LogP contribution >= 0.6 is 0 Å². The van der Waals surface area contributed by atoms with Gasteiger partial charge in [-0.15, -0.1) is 0 Å². The molecule has 3 atom stereocenters. The van der Waals surface area contributed by atoms with Gasteiger partial charge in [-0.05, 0) is 43.2 Å². The smallest absolute Gasteiger partial charge is 0.167 e. The minimum absolute atomic E-state index is 0.00154. The number of fused-ring (bicyclic) bond motifs is 1. The van der Waals surface area contributed by atoms with E-state index in [1.54, 1.807) is 12.4 Å². The van der Waals surface area contributed by atoms with Gasteiger partial charge in [-0.3, -0.25) is 9.97 Å². The van der Waals surface area contributed by atoms with Crippen LogP contribution in [0.1, 0.15) is 42.6 Å².